The predicted molar refractivity (Wildman–Crippen MR) is 103 cm³/mol. The molecule has 0 radical (unpaired) electrons. The van der Waals surface area contributed by atoms with E-state index in [9.17, 15) is 4.79 Å². The molecule has 0 saturated heterocycles. The van der Waals surface area contributed by atoms with Gasteiger partial charge in [0.1, 0.15) is 11.6 Å². The van der Waals surface area contributed by atoms with E-state index in [1.54, 1.807) is 7.11 Å². The van der Waals surface area contributed by atoms with Crippen LogP contribution in [0.4, 0.5) is 5.69 Å². The number of nitrogens with zero attached hydrogens (tertiary/aromatic N) is 3. The van der Waals surface area contributed by atoms with Crippen molar-refractivity contribution in [2.24, 2.45) is 7.05 Å². The van der Waals surface area contributed by atoms with Crippen LogP contribution in [0.5, 0.6) is 5.75 Å². The molecule has 7 heteroatoms. The van der Waals surface area contributed by atoms with Crippen molar-refractivity contribution in [2.75, 3.05) is 18.2 Å². The van der Waals surface area contributed by atoms with Crippen LogP contribution in [0.15, 0.2) is 59.8 Å². The lowest BCUT2D eigenvalue weighted by Gasteiger charge is -2.06. The van der Waals surface area contributed by atoms with Crippen molar-refractivity contribution in [2.45, 2.75) is 11.6 Å². The molecule has 1 heterocycles. The minimum atomic E-state index is -0.0686. The molecule has 1 aromatic heterocycles. The summed E-state index contributed by atoms with van der Waals surface area (Å²) < 4.78 is 7.09. The van der Waals surface area contributed by atoms with Gasteiger partial charge in [-0.1, -0.05) is 42.1 Å². The number of hydrogen-bond acceptors (Lipinski definition) is 5. The lowest BCUT2D eigenvalue weighted by Crippen LogP contribution is -2.14. The average Bonchev–Trinajstić information content (AvgIpc) is 3.01. The van der Waals surface area contributed by atoms with E-state index >= 15 is 0 Å². The third-order valence-electron chi connectivity index (χ3n) is 3.84. The van der Waals surface area contributed by atoms with E-state index in [2.05, 4.69) is 15.5 Å². The SMILES string of the molecule is COc1ccc(Cc2nnc(SCC(=O)Nc3ccccc3)n2C)cc1. The van der Waals surface area contributed by atoms with Crippen molar-refractivity contribution in [1.82, 2.24) is 14.8 Å². The molecule has 6 nitrogen and oxygen atoms in total. The maximum atomic E-state index is 12.1. The molecule has 0 aliphatic rings. The first-order chi connectivity index (χ1) is 12.7. The van der Waals surface area contributed by atoms with Crippen LogP contribution < -0.4 is 10.1 Å². The summed E-state index contributed by atoms with van der Waals surface area (Å²) in [7, 11) is 3.56. The molecule has 0 unspecified atom stereocenters. The van der Waals surface area contributed by atoms with E-state index in [1.807, 2.05) is 66.2 Å². The second-order valence-electron chi connectivity index (χ2n) is 5.69. The predicted octanol–water partition coefficient (Wildman–Crippen LogP) is 3.15. The number of ether oxygens (including phenoxy) is 1. The van der Waals surface area contributed by atoms with E-state index in [1.165, 1.54) is 11.8 Å². The zero-order chi connectivity index (χ0) is 18.4. The van der Waals surface area contributed by atoms with Crippen molar-refractivity contribution in [3.05, 3.63) is 66.0 Å². The maximum Gasteiger partial charge on any atom is 0.234 e. The molecule has 134 valence electrons. The normalized spacial score (nSPS) is 10.5. The van der Waals surface area contributed by atoms with E-state index in [0.717, 1.165) is 28.0 Å². The minimum Gasteiger partial charge on any atom is -0.497 e. The number of carbonyl (C=O) groups is 1. The zero-order valence-electron chi connectivity index (χ0n) is 14.7. The smallest absolute Gasteiger partial charge is 0.234 e. The van der Waals surface area contributed by atoms with Crippen LogP contribution in [0.1, 0.15) is 11.4 Å². The summed E-state index contributed by atoms with van der Waals surface area (Å²) in [5.74, 6) is 1.89. The molecule has 0 saturated carbocycles. The van der Waals surface area contributed by atoms with E-state index in [0.29, 0.717) is 6.42 Å². The van der Waals surface area contributed by atoms with Crippen molar-refractivity contribution >= 4 is 23.4 Å². The van der Waals surface area contributed by atoms with Gasteiger partial charge < -0.3 is 14.6 Å². The number of thioether (sulfide) groups is 1. The molecule has 3 aromatic rings. The molecule has 0 fully saturated rings. The third kappa shape index (κ3) is 4.64. The minimum absolute atomic E-state index is 0.0686. The molecule has 0 spiro atoms. The number of nitrogens with one attached hydrogen (secondary N) is 1. The summed E-state index contributed by atoms with van der Waals surface area (Å²) in [5.41, 5.74) is 1.91. The number of anilines is 1. The van der Waals surface area contributed by atoms with Crippen molar-refractivity contribution < 1.29 is 9.53 Å². The number of para-hydroxylation sites is 1. The number of methoxy groups -OCH3 is 1. The lowest BCUT2D eigenvalue weighted by atomic mass is 10.1. The summed E-state index contributed by atoms with van der Waals surface area (Å²) in [6.45, 7) is 0. The second kappa shape index (κ2) is 8.53. The quantitative estimate of drug-likeness (QED) is 0.649. The number of rotatable bonds is 7. The number of benzene rings is 2. The number of carbonyl (C=O) groups excluding carboxylic acids is 1. The van der Waals surface area contributed by atoms with Crippen LogP contribution in [0, 0.1) is 0 Å². The number of aromatic nitrogens is 3. The zero-order valence-corrected chi connectivity index (χ0v) is 15.5. The summed E-state index contributed by atoms with van der Waals surface area (Å²) in [6, 6.07) is 17.3. The van der Waals surface area contributed by atoms with E-state index in [4.69, 9.17) is 4.74 Å². The van der Waals surface area contributed by atoms with Crippen LogP contribution in [-0.4, -0.2) is 33.5 Å². The van der Waals surface area contributed by atoms with Crippen LogP contribution in [0.25, 0.3) is 0 Å². The number of amides is 1. The standard InChI is InChI=1S/C19H20N4O2S/c1-23-17(12-14-8-10-16(25-2)11-9-14)21-22-19(23)26-13-18(24)20-15-6-4-3-5-7-15/h3-11H,12-13H2,1-2H3,(H,20,24). The van der Waals surface area contributed by atoms with Crippen molar-refractivity contribution in [3.63, 3.8) is 0 Å². The molecule has 3 rings (SSSR count). The van der Waals surface area contributed by atoms with Crippen LogP contribution in [-0.2, 0) is 18.3 Å². The van der Waals surface area contributed by atoms with E-state index < -0.39 is 0 Å². The Bertz CT molecular complexity index is 863. The van der Waals surface area contributed by atoms with Crippen LogP contribution in [0.3, 0.4) is 0 Å². The van der Waals surface area contributed by atoms with Gasteiger partial charge in [-0.05, 0) is 29.8 Å². The molecule has 0 bridgehead atoms. The Hall–Kier alpha value is -2.80. The van der Waals surface area contributed by atoms with Gasteiger partial charge >= 0.3 is 0 Å². The fraction of sp³-hybridized carbons (Fsp3) is 0.211. The highest BCUT2D eigenvalue weighted by molar-refractivity contribution is 7.99. The van der Waals surface area contributed by atoms with Crippen LogP contribution >= 0.6 is 11.8 Å². The molecule has 0 atom stereocenters. The first-order valence-electron chi connectivity index (χ1n) is 8.14. The Kier molecular flexibility index (Phi) is 5.91. The Morgan fingerprint density at radius 1 is 1.12 bits per heavy atom. The topological polar surface area (TPSA) is 69.0 Å². The largest absolute Gasteiger partial charge is 0.497 e. The van der Waals surface area contributed by atoms with Crippen LogP contribution in [0.2, 0.25) is 0 Å². The lowest BCUT2D eigenvalue weighted by molar-refractivity contribution is -0.113. The monoisotopic (exact) mass is 368 g/mol. The average molecular weight is 368 g/mol. The Morgan fingerprint density at radius 2 is 1.85 bits per heavy atom. The molecule has 0 aliphatic carbocycles. The molecule has 2 aromatic carbocycles. The molecular weight excluding hydrogens is 348 g/mol. The first kappa shape index (κ1) is 18.0. The second-order valence-corrected chi connectivity index (χ2v) is 6.63. The van der Waals surface area contributed by atoms with Gasteiger partial charge in [0.25, 0.3) is 0 Å². The Labute approximate surface area is 156 Å². The van der Waals surface area contributed by atoms with Gasteiger partial charge in [0.15, 0.2) is 5.16 Å². The summed E-state index contributed by atoms with van der Waals surface area (Å²) in [4.78, 5) is 12.1. The highest BCUT2D eigenvalue weighted by atomic mass is 32.2. The van der Waals surface area contributed by atoms with Crippen molar-refractivity contribution in [1.29, 1.82) is 0 Å². The van der Waals surface area contributed by atoms with Gasteiger partial charge in [-0.3, -0.25) is 4.79 Å². The maximum absolute atomic E-state index is 12.1. The molecular formula is C19H20N4O2S. The highest BCUT2D eigenvalue weighted by Gasteiger charge is 2.12. The van der Waals surface area contributed by atoms with Gasteiger partial charge in [-0.2, -0.15) is 0 Å². The fourth-order valence-corrected chi connectivity index (χ4v) is 3.13. The Balaban J connectivity index is 1.57. The van der Waals surface area contributed by atoms with Gasteiger partial charge in [0.05, 0.1) is 12.9 Å². The molecule has 1 amide bonds. The molecule has 26 heavy (non-hydrogen) atoms. The summed E-state index contributed by atoms with van der Waals surface area (Å²) in [6.07, 6.45) is 0.671. The third-order valence-corrected chi connectivity index (χ3v) is 4.86. The first-order valence-corrected chi connectivity index (χ1v) is 9.13. The fourth-order valence-electron chi connectivity index (χ4n) is 2.40. The van der Waals surface area contributed by atoms with Gasteiger partial charge in [-0.15, -0.1) is 10.2 Å². The molecule has 1 N–H and O–H groups in total. The Morgan fingerprint density at radius 3 is 2.54 bits per heavy atom. The number of hydrogen-bond donors (Lipinski definition) is 1. The summed E-state index contributed by atoms with van der Waals surface area (Å²) >= 11 is 1.37. The highest BCUT2D eigenvalue weighted by Crippen LogP contribution is 2.19. The molecule has 0 aliphatic heterocycles. The van der Waals surface area contributed by atoms with E-state index in [-0.39, 0.29) is 11.7 Å². The van der Waals surface area contributed by atoms with Gasteiger partial charge in [-0.25, -0.2) is 0 Å². The van der Waals surface area contributed by atoms with Gasteiger partial charge in [0, 0.05) is 19.2 Å². The summed E-state index contributed by atoms with van der Waals surface area (Å²) in [5, 5.41) is 12.0. The van der Waals surface area contributed by atoms with Gasteiger partial charge in [0.2, 0.25) is 5.91 Å². The van der Waals surface area contributed by atoms with Crippen molar-refractivity contribution in [3.8, 4) is 5.75 Å².